The van der Waals surface area contributed by atoms with Crippen LogP contribution in [-0.4, -0.2) is 18.7 Å². The Morgan fingerprint density at radius 2 is 1.55 bits per heavy atom. The quantitative estimate of drug-likeness (QED) is 0.132. The molecule has 31 heavy (non-hydrogen) atoms. The van der Waals surface area contributed by atoms with Crippen LogP contribution < -0.4 is 4.74 Å². The van der Waals surface area contributed by atoms with E-state index in [-0.39, 0.29) is 18.7 Å². The lowest BCUT2D eigenvalue weighted by molar-refractivity contribution is 0.0292. The van der Waals surface area contributed by atoms with E-state index in [1.165, 1.54) is 44.9 Å². The molecule has 168 valence electrons. The Morgan fingerprint density at radius 3 is 2.16 bits per heavy atom. The summed E-state index contributed by atoms with van der Waals surface area (Å²) in [6.45, 7) is 6.29. The fourth-order valence-corrected chi connectivity index (χ4v) is 3.75. The van der Waals surface area contributed by atoms with Gasteiger partial charge in [-0.15, -0.1) is 0 Å². The van der Waals surface area contributed by atoms with Crippen molar-refractivity contribution in [3.8, 4) is 5.75 Å². The summed E-state index contributed by atoms with van der Waals surface area (Å²) in [5, 5.41) is 0. The van der Waals surface area contributed by atoms with Crippen molar-refractivity contribution in [3.63, 3.8) is 0 Å². The van der Waals surface area contributed by atoms with Crippen LogP contribution in [0.2, 0.25) is 0 Å². The van der Waals surface area contributed by atoms with E-state index in [4.69, 9.17) is 9.47 Å². The first-order valence-electron chi connectivity index (χ1n) is 11.4. The lowest BCUT2D eigenvalue weighted by Gasteiger charge is -2.19. The topological polar surface area (TPSA) is 35.5 Å². The van der Waals surface area contributed by atoms with Gasteiger partial charge >= 0.3 is 5.97 Å². The number of ether oxygens (including phenoxy) is 2. The maximum atomic E-state index is 12.4. The number of unbranched alkanes of at least 4 members (excludes halogenated alkanes) is 7. The molecule has 0 heterocycles. The third-order valence-corrected chi connectivity index (χ3v) is 6.00. The van der Waals surface area contributed by atoms with Gasteiger partial charge in [0.2, 0.25) is 0 Å². The monoisotopic (exact) mass is 534 g/mol. The molecule has 0 amide bonds. The van der Waals surface area contributed by atoms with Crippen LogP contribution in [-0.2, 0) is 4.74 Å². The van der Waals surface area contributed by atoms with Crippen molar-refractivity contribution in [2.75, 3.05) is 6.61 Å². The van der Waals surface area contributed by atoms with Gasteiger partial charge in [-0.25, -0.2) is 4.79 Å². The molecule has 2 aromatic carbocycles. The maximum Gasteiger partial charge on any atom is 0.338 e. The van der Waals surface area contributed by atoms with Gasteiger partial charge < -0.3 is 9.47 Å². The summed E-state index contributed by atoms with van der Waals surface area (Å²) in [7, 11) is 0. The molecule has 0 aliphatic carbocycles. The number of carbonyl (C=O) groups is 1. The molecule has 0 bridgehead atoms. The van der Waals surface area contributed by atoms with Crippen molar-refractivity contribution in [1.82, 2.24) is 0 Å². The van der Waals surface area contributed by atoms with Crippen LogP contribution >= 0.6 is 22.6 Å². The third-order valence-electron chi connectivity index (χ3n) is 5.28. The number of rotatable bonds is 15. The predicted molar refractivity (Wildman–Crippen MR) is 138 cm³/mol. The zero-order valence-electron chi connectivity index (χ0n) is 18.7. The van der Waals surface area contributed by atoms with Gasteiger partial charge in [0.1, 0.15) is 18.5 Å². The van der Waals surface area contributed by atoms with Crippen molar-refractivity contribution in [2.45, 2.75) is 70.8 Å². The SMILES string of the molecule is C=Cc1ccc(OC(CCCCCCCCCC)COC(=O)c2ccc(I)cc2)cc1. The maximum absolute atomic E-state index is 12.4. The number of hydrogen-bond acceptors (Lipinski definition) is 3. The second kappa shape index (κ2) is 15.1. The molecule has 0 N–H and O–H groups in total. The lowest BCUT2D eigenvalue weighted by Crippen LogP contribution is -2.25. The molecular weight excluding hydrogens is 499 g/mol. The van der Waals surface area contributed by atoms with Gasteiger partial charge in [-0.3, -0.25) is 0 Å². The second-order valence-electron chi connectivity index (χ2n) is 7.88. The van der Waals surface area contributed by atoms with Crippen LogP contribution in [0.15, 0.2) is 55.1 Å². The summed E-state index contributed by atoms with van der Waals surface area (Å²) in [5.41, 5.74) is 1.62. The summed E-state index contributed by atoms with van der Waals surface area (Å²) in [6.07, 6.45) is 12.7. The average molecular weight is 534 g/mol. The highest BCUT2D eigenvalue weighted by molar-refractivity contribution is 14.1. The minimum Gasteiger partial charge on any atom is -0.487 e. The largest absolute Gasteiger partial charge is 0.487 e. The molecule has 0 aliphatic rings. The molecule has 0 fully saturated rings. The van der Waals surface area contributed by atoms with Crippen LogP contribution in [0.3, 0.4) is 0 Å². The van der Waals surface area contributed by atoms with Gasteiger partial charge in [0.05, 0.1) is 5.56 Å². The van der Waals surface area contributed by atoms with Gasteiger partial charge in [-0.1, -0.05) is 76.7 Å². The van der Waals surface area contributed by atoms with Gasteiger partial charge in [0.15, 0.2) is 0 Å². The molecule has 1 unspecified atom stereocenters. The van der Waals surface area contributed by atoms with E-state index in [0.29, 0.717) is 5.56 Å². The standard InChI is InChI=1S/C27H35IO3/c1-3-5-6-7-8-9-10-11-12-26(31-25-19-13-22(4-2)14-20-25)21-30-27(29)23-15-17-24(28)18-16-23/h4,13-20,26H,2-3,5-12,21H2,1H3. The number of benzene rings is 2. The van der Waals surface area contributed by atoms with E-state index in [1.807, 2.05) is 42.5 Å². The molecule has 2 rings (SSSR count). The van der Waals surface area contributed by atoms with Crippen molar-refractivity contribution in [2.24, 2.45) is 0 Å². The van der Waals surface area contributed by atoms with E-state index < -0.39 is 0 Å². The fourth-order valence-electron chi connectivity index (χ4n) is 3.40. The Bertz CT molecular complexity index is 768. The molecule has 0 aromatic heterocycles. The molecule has 0 aliphatic heterocycles. The molecule has 0 radical (unpaired) electrons. The zero-order valence-corrected chi connectivity index (χ0v) is 20.8. The number of esters is 1. The first-order chi connectivity index (χ1) is 15.1. The van der Waals surface area contributed by atoms with Gasteiger partial charge in [-0.05, 0) is 77.4 Å². The highest BCUT2D eigenvalue weighted by Crippen LogP contribution is 2.19. The minimum atomic E-state index is -0.303. The summed E-state index contributed by atoms with van der Waals surface area (Å²) in [5.74, 6) is 0.489. The summed E-state index contributed by atoms with van der Waals surface area (Å²) < 4.78 is 12.8. The number of carbonyl (C=O) groups excluding carboxylic acids is 1. The van der Waals surface area contributed by atoms with Crippen molar-refractivity contribution in [3.05, 3.63) is 69.8 Å². The van der Waals surface area contributed by atoms with Crippen LogP contribution in [0, 0.1) is 3.57 Å². The van der Waals surface area contributed by atoms with E-state index in [2.05, 4.69) is 36.1 Å². The number of halogens is 1. The molecule has 0 spiro atoms. The highest BCUT2D eigenvalue weighted by Gasteiger charge is 2.15. The summed E-state index contributed by atoms with van der Waals surface area (Å²) in [4.78, 5) is 12.4. The van der Waals surface area contributed by atoms with Crippen LogP contribution in [0.5, 0.6) is 5.75 Å². The van der Waals surface area contributed by atoms with Crippen LogP contribution in [0.1, 0.15) is 80.6 Å². The molecule has 0 saturated heterocycles. The molecular formula is C27H35IO3. The van der Waals surface area contributed by atoms with Gasteiger partial charge in [0.25, 0.3) is 0 Å². The van der Waals surface area contributed by atoms with Gasteiger partial charge in [-0.2, -0.15) is 0 Å². The minimum absolute atomic E-state index is 0.150. The van der Waals surface area contributed by atoms with Crippen molar-refractivity contribution in [1.29, 1.82) is 0 Å². The first kappa shape index (κ1) is 25.4. The first-order valence-corrected chi connectivity index (χ1v) is 12.5. The Morgan fingerprint density at radius 1 is 0.935 bits per heavy atom. The summed E-state index contributed by atoms with van der Waals surface area (Å²) >= 11 is 2.22. The second-order valence-corrected chi connectivity index (χ2v) is 9.13. The smallest absolute Gasteiger partial charge is 0.338 e. The van der Waals surface area contributed by atoms with E-state index >= 15 is 0 Å². The molecule has 3 nitrogen and oxygen atoms in total. The van der Waals surface area contributed by atoms with E-state index in [0.717, 1.165) is 27.7 Å². The lowest BCUT2D eigenvalue weighted by atomic mass is 10.1. The van der Waals surface area contributed by atoms with E-state index in [9.17, 15) is 4.79 Å². The summed E-state index contributed by atoms with van der Waals surface area (Å²) in [6, 6.07) is 15.3. The molecule has 4 heteroatoms. The predicted octanol–water partition coefficient (Wildman–Crippen LogP) is 8.07. The molecule has 2 aromatic rings. The third kappa shape index (κ3) is 10.4. The Labute approximate surface area is 201 Å². The van der Waals surface area contributed by atoms with Crippen LogP contribution in [0.4, 0.5) is 0 Å². The zero-order chi connectivity index (χ0) is 22.3. The fraction of sp³-hybridized carbons (Fsp3) is 0.444. The number of hydrogen-bond donors (Lipinski definition) is 0. The Hall–Kier alpha value is -1.82. The van der Waals surface area contributed by atoms with Gasteiger partial charge in [0, 0.05) is 3.57 Å². The van der Waals surface area contributed by atoms with Crippen molar-refractivity contribution >= 4 is 34.6 Å². The Kier molecular flexibility index (Phi) is 12.4. The van der Waals surface area contributed by atoms with E-state index in [1.54, 1.807) is 12.1 Å². The highest BCUT2D eigenvalue weighted by atomic mass is 127. The normalized spacial score (nSPS) is 11.7. The molecule has 1 atom stereocenters. The molecule has 0 saturated carbocycles. The van der Waals surface area contributed by atoms with Crippen LogP contribution in [0.25, 0.3) is 6.08 Å². The van der Waals surface area contributed by atoms with Crippen molar-refractivity contribution < 1.29 is 14.3 Å². The average Bonchev–Trinajstić information content (AvgIpc) is 2.79. The Balaban J connectivity index is 1.84.